The minimum atomic E-state index is -0.438. The summed E-state index contributed by atoms with van der Waals surface area (Å²) >= 11 is 1.31. The molecule has 21 heavy (non-hydrogen) atoms. The van der Waals surface area contributed by atoms with E-state index in [9.17, 15) is 10.1 Å². The molecular formula is C16H15N3OS. The van der Waals surface area contributed by atoms with Crippen molar-refractivity contribution in [1.29, 1.82) is 5.26 Å². The predicted molar refractivity (Wildman–Crippen MR) is 85.0 cm³/mol. The minimum absolute atomic E-state index is 0.0697. The first-order valence-electron chi connectivity index (χ1n) is 6.41. The standard InChI is InChI=1S/C16H15N3OS/c1-10-6-11(2)14(12(3)7-10)8-13(9-17)15(20)19-16-18-4-5-21-16/h4-8H,1-3H3,(H,18,19,20)/b13-8+. The molecule has 0 aliphatic heterocycles. The van der Waals surface area contributed by atoms with Gasteiger partial charge in [0, 0.05) is 11.6 Å². The van der Waals surface area contributed by atoms with E-state index in [4.69, 9.17) is 0 Å². The molecule has 0 saturated carbocycles. The smallest absolute Gasteiger partial charge is 0.268 e. The quantitative estimate of drug-likeness (QED) is 0.695. The highest BCUT2D eigenvalue weighted by molar-refractivity contribution is 7.13. The van der Waals surface area contributed by atoms with Gasteiger partial charge in [-0.25, -0.2) is 4.98 Å². The maximum absolute atomic E-state index is 12.1. The maximum Gasteiger partial charge on any atom is 0.268 e. The number of amides is 1. The van der Waals surface area contributed by atoms with Gasteiger partial charge in [-0.15, -0.1) is 11.3 Å². The van der Waals surface area contributed by atoms with E-state index in [1.54, 1.807) is 17.7 Å². The number of benzene rings is 1. The number of aromatic nitrogens is 1. The Labute approximate surface area is 127 Å². The van der Waals surface area contributed by atoms with Gasteiger partial charge in [-0.1, -0.05) is 17.7 Å². The largest absolute Gasteiger partial charge is 0.297 e. The van der Waals surface area contributed by atoms with Crippen molar-refractivity contribution in [2.24, 2.45) is 0 Å². The second kappa shape index (κ2) is 6.33. The van der Waals surface area contributed by atoms with Crippen LogP contribution in [0.4, 0.5) is 5.13 Å². The van der Waals surface area contributed by atoms with Gasteiger partial charge in [0.25, 0.3) is 5.91 Å². The summed E-state index contributed by atoms with van der Waals surface area (Å²) in [5.74, 6) is -0.438. The number of nitrogens with zero attached hydrogens (tertiary/aromatic N) is 2. The van der Waals surface area contributed by atoms with Crippen molar-refractivity contribution in [3.63, 3.8) is 0 Å². The number of nitrogens with one attached hydrogen (secondary N) is 1. The Morgan fingerprint density at radius 2 is 2.00 bits per heavy atom. The summed E-state index contributed by atoms with van der Waals surface area (Å²) in [7, 11) is 0. The molecule has 1 aromatic carbocycles. The lowest BCUT2D eigenvalue weighted by Gasteiger charge is -2.08. The summed E-state index contributed by atoms with van der Waals surface area (Å²) in [6.45, 7) is 5.97. The van der Waals surface area contributed by atoms with Gasteiger partial charge in [0.1, 0.15) is 11.6 Å². The van der Waals surface area contributed by atoms with E-state index in [2.05, 4.69) is 10.3 Å². The molecule has 0 radical (unpaired) electrons. The molecule has 2 rings (SSSR count). The first kappa shape index (κ1) is 14.9. The average molecular weight is 297 g/mol. The highest BCUT2D eigenvalue weighted by Gasteiger charge is 2.12. The predicted octanol–water partition coefficient (Wildman–Crippen LogP) is 3.61. The molecule has 0 bridgehead atoms. The molecule has 0 aliphatic rings. The third-order valence-electron chi connectivity index (χ3n) is 3.04. The number of nitriles is 1. The number of anilines is 1. The third-order valence-corrected chi connectivity index (χ3v) is 3.73. The van der Waals surface area contributed by atoms with Crippen LogP contribution in [0.25, 0.3) is 6.08 Å². The van der Waals surface area contributed by atoms with E-state index in [0.717, 1.165) is 22.3 Å². The van der Waals surface area contributed by atoms with Crippen molar-refractivity contribution in [2.45, 2.75) is 20.8 Å². The van der Waals surface area contributed by atoms with Gasteiger partial charge in [-0.2, -0.15) is 5.26 Å². The monoisotopic (exact) mass is 297 g/mol. The van der Waals surface area contributed by atoms with Crippen molar-refractivity contribution in [3.8, 4) is 6.07 Å². The van der Waals surface area contributed by atoms with Gasteiger partial charge in [-0.3, -0.25) is 10.1 Å². The zero-order chi connectivity index (χ0) is 15.4. The SMILES string of the molecule is Cc1cc(C)c(/C=C(\C#N)C(=O)Nc2nccs2)c(C)c1. The van der Waals surface area contributed by atoms with Crippen LogP contribution in [0, 0.1) is 32.1 Å². The fourth-order valence-electron chi connectivity index (χ4n) is 2.16. The van der Waals surface area contributed by atoms with Crippen LogP contribution >= 0.6 is 11.3 Å². The van der Waals surface area contributed by atoms with Crippen molar-refractivity contribution in [2.75, 3.05) is 5.32 Å². The van der Waals surface area contributed by atoms with E-state index < -0.39 is 5.91 Å². The molecule has 0 aliphatic carbocycles. The summed E-state index contributed by atoms with van der Waals surface area (Å²) in [4.78, 5) is 16.1. The van der Waals surface area contributed by atoms with Crippen LogP contribution in [0.3, 0.4) is 0 Å². The lowest BCUT2D eigenvalue weighted by atomic mass is 9.98. The Bertz CT molecular complexity index is 716. The van der Waals surface area contributed by atoms with Crippen LogP contribution < -0.4 is 5.32 Å². The fraction of sp³-hybridized carbons (Fsp3) is 0.188. The molecule has 2 aromatic rings. The van der Waals surface area contributed by atoms with E-state index in [-0.39, 0.29) is 5.57 Å². The van der Waals surface area contributed by atoms with Gasteiger partial charge in [-0.05, 0) is 43.5 Å². The molecule has 1 N–H and O–H groups in total. The first-order chi connectivity index (χ1) is 10.0. The first-order valence-corrected chi connectivity index (χ1v) is 7.29. The second-order valence-electron chi connectivity index (χ2n) is 4.77. The molecule has 0 atom stereocenters. The number of carbonyl (C=O) groups excluding carboxylic acids is 1. The lowest BCUT2D eigenvalue weighted by molar-refractivity contribution is -0.112. The summed E-state index contributed by atoms with van der Waals surface area (Å²) < 4.78 is 0. The summed E-state index contributed by atoms with van der Waals surface area (Å²) in [6, 6.07) is 6.03. The summed E-state index contributed by atoms with van der Waals surface area (Å²) in [5.41, 5.74) is 4.23. The number of thiazole rings is 1. The van der Waals surface area contributed by atoms with Crippen LogP contribution in [-0.4, -0.2) is 10.9 Å². The Morgan fingerprint density at radius 1 is 1.33 bits per heavy atom. The highest BCUT2D eigenvalue weighted by Crippen LogP contribution is 2.20. The van der Waals surface area contributed by atoms with Gasteiger partial charge in [0.05, 0.1) is 0 Å². The topological polar surface area (TPSA) is 65.8 Å². The molecule has 1 aromatic heterocycles. The van der Waals surface area contributed by atoms with Crippen LogP contribution in [0.5, 0.6) is 0 Å². The molecular weight excluding hydrogens is 282 g/mol. The number of hydrogen-bond acceptors (Lipinski definition) is 4. The molecule has 4 nitrogen and oxygen atoms in total. The van der Waals surface area contributed by atoms with Gasteiger partial charge < -0.3 is 0 Å². The van der Waals surface area contributed by atoms with E-state index in [1.807, 2.05) is 39.0 Å². The molecule has 1 amide bonds. The number of rotatable bonds is 3. The number of aryl methyl sites for hydroxylation is 3. The van der Waals surface area contributed by atoms with E-state index in [0.29, 0.717) is 5.13 Å². The van der Waals surface area contributed by atoms with Gasteiger partial charge >= 0.3 is 0 Å². The second-order valence-corrected chi connectivity index (χ2v) is 5.67. The van der Waals surface area contributed by atoms with Crippen molar-refractivity contribution < 1.29 is 4.79 Å². The van der Waals surface area contributed by atoms with Gasteiger partial charge in [0.2, 0.25) is 0 Å². The van der Waals surface area contributed by atoms with Crippen LogP contribution in [0.2, 0.25) is 0 Å². The average Bonchev–Trinajstić information content (AvgIpc) is 2.90. The number of carbonyl (C=O) groups is 1. The zero-order valence-corrected chi connectivity index (χ0v) is 12.9. The zero-order valence-electron chi connectivity index (χ0n) is 12.1. The Hall–Kier alpha value is -2.45. The van der Waals surface area contributed by atoms with Gasteiger partial charge in [0.15, 0.2) is 5.13 Å². The van der Waals surface area contributed by atoms with Crippen LogP contribution in [0.15, 0.2) is 29.3 Å². The fourth-order valence-corrected chi connectivity index (χ4v) is 2.69. The molecule has 106 valence electrons. The number of hydrogen-bond donors (Lipinski definition) is 1. The van der Waals surface area contributed by atoms with E-state index in [1.165, 1.54) is 11.3 Å². The maximum atomic E-state index is 12.1. The minimum Gasteiger partial charge on any atom is -0.297 e. The normalized spacial score (nSPS) is 11.0. The Morgan fingerprint density at radius 3 is 2.52 bits per heavy atom. The van der Waals surface area contributed by atoms with Crippen molar-refractivity contribution in [1.82, 2.24) is 4.98 Å². The molecule has 0 saturated heterocycles. The summed E-state index contributed by atoms with van der Waals surface area (Å²) in [5, 5.41) is 14.1. The van der Waals surface area contributed by atoms with E-state index >= 15 is 0 Å². The Kier molecular flexibility index (Phi) is 4.51. The molecule has 5 heteroatoms. The van der Waals surface area contributed by atoms with Crippen molar-refractivity contribution >= 4 is 28.5 Å². The van der Waals surface area contributed by atoms with Crippen LogP contribution in [0.1, 0.15) is 22.3 Å². The van der Waals surface area contributed by atoms with Crippen molar-refractivity contribution in [3.05, 3.63) is 51.5 Å². The van der Waals surface area contributed by atoms with Crippen LogP contribution in [-0.2, 0) is 4.79 Å². The third kappa shape index (κ3) is 3.56. The summed E-state index contributed by atoms with van der Waals surface area (Å²) in [6.07, 6.45) is 3.23. The molecule has 0 unspecified atom stereocenters. The molecule has 0 fully saturated rings. The Balaban J connectivity index is 2.33. The molecule has 1 heterocycles. The highest BCUT2D eigenvalue weighted by atomic mass is 32.1. The lowest BCUT2D eigenvalue weighted by Crippen LogP contribution is -2.13. The molecule has 0 spiro atoms.